The van der Waals surface area contributed by atoms with Crippen LogP contribution in [0.5, 0.6) is 0 Å². The maximum absolute atomic E-state index is 12.9. The van der Waals surface area contributed by atoms with E-state index in [2.05, 4.69) is 5.16 Å². The summed E-state index contributed by atoms with van der Waals surface area (Å²) in [5.41, 5.74) is 0.560. The van der Waals surface area contributed by atoms with Crippen molar-refractivity contribution in [3.05, 3.63) is 30.0 Å². The predicted molar refractivity (Wildman–Crippen MR) is 82.9 cm³/mol. The second kappa shape index (κ2) is 5.64. The molecule has 1 fully saturated rings. The minimum atomic E-state index is -3.49. The summed E-state index contributed by atoms with van der Waals surface area (Å²) in [6.45, 7) is 5.12. The zero-order chi connectivity index (χ0) is 15.8. The van der Waals surface area contributed by atoms with Gasteiger partial charge in [-0.3, -0.25) is 0 Å². The van der Waals surface area contributed by atoms with Crippen molar-refractivity contribution in [2.75, 3.05) is 19.8 Å². The molecule has 1 saturated heterocycles. The van der Waals surface area contributed by atoms with Gasteiger partial charge in [-0.2, -0.15) is 4.31 Å². The van der Waals surface area contributed by atoms with Crippen LogP contribution in [0.2, 0.25) is 0 Å². The molecule has 0 N–H and O–H groups in total. The summed E-state index contributed by atoms with van der Waals surface area (Å²) in [5, 5.41) is 4.68. The van der Waals surface area contributed by atoms with Gasteiger partial charge in [0, 0.05) is 11.9 Å². The van der Waals surface area contributed by atoms with Crippen LogP contribution < -0.4 is 0 Å². The molecule has 0 radical (unpaired) electrons. The van der Waals surface area contributed by atoms with Gasteiger partial charge in [-0.05, 0) is 25.5 Å². The second-order valence-electron chi connectivity index (χ2n) is 5.86. The summed E-state index contributed by atoms with van der Waals surface area (Å²) in [7, 11) is -3.49. The van der Waals surface area contributed by atoms with Crippen molar-refractivity contribution >= 4 is 21.0 Å². The Morgan fingerprint density at radius 3 is 2.91 bits per heavy atom. The van der Waals surface area contributed by atoms with Crippen LogP contribution in [0.4, 0.5) is 0 Å². The maximum Gasteiger partial charge on any atom is 0.220 e. The van der Waals surface area contributed by atoms with Crippen molar-refractivity contribution in [3.8, 4) is 0 Å². The highest BCUT2D eigenvalue weighted by molar-refractivity contribution is 7.88. The molecule has 120 valence electrons. The zero-order valence-corrected chi connectivity index (χ0v) is 13.6. The van der Waals surface area contributed by atoms with Gasteiger partial charge >= 0.3 is 0 Å². The molecule has 1 aliphatic rings. The highest BCUT2D eigenvalue weighted by atomic mass is 32.2. The van der Waals surface area contributed by atoms with E-state index in [1.807, 2.05) is 32.0 Å². The van der Waals surface area contributed by atoms with Crippen LogP contribution in [0.25, 0.3) is 11.0 Å². The summed E-state index contributed by atoms with van der Waals surface area (Å²) < 4.78 is 38.0. The molecule has 7 heteroatoms. The van der Waals surface area contributed by atoms with Crippen molar-refractivity contribution < 1.29 is 17.7 Å². The summed E-state index contributed by atoms with van der Waals surface area (Å²) in [4.78, 5) is 0. The van der Waals surface area contributed by atoms with Gasteiger partial charge in [0.25, 0.3) is 0 Å². The number of rotatable bonds is 4. The fourth-order valence-corrected chi connectivity index (χ4v) is 4.74. The van der Waals surface area contributed by atoms with Crippen molar-refractivity contribution in [2.24, 2.45) is 0 Å². The standard InChI is InChI=1S/C15H20N2O4S/c1-3-15(2)11-20-9-8-17(15)22(18,19)10-13-12-6-4-5-7-14(12)21-16-13/h4-7H,3,8-11H2,1-2H3. The van der Waals surface area contributed by atoms with Crippen LogP contribution in [0.3, 0.4) is 0 Å². The van der Waals surface area contributed by atoms with E-state index in [1.165, 1.54) is 0 Å². The fourth-order valence-electron chi connectivity index (χ4n) is 2.83. The van der Waals surface area contributed by atoms with E-state index in [9.17, 15) is 8.42 Å². The van der Waals surface area contributed by atoms with Crippen LogP contribution in [0, 0.1) is 0 Å². The van der Waals surface area contributed by atoms with E-state index in [-0.39, 0.29) is 5.75 Å². The zero-order valence-electron chi connectivity index (χ0n) is 12.8. The van der Waals surface area contributed by atoms with Crippen molar-refractivity contribution in [1.29, 1.82) is 0 Å². The molecule has 0 bridgehead atoms. The number of fused-ring (bicyclic) bond motifs is 1. The van der Waals surface area contributed by atoms with E-state index in [0.717, 1.165) is 5.39 Å². The smallest absolute Gasteiger partial charge is 0.220 e. The van der Waals surface area contributed by atoms with Crippen molar-refractivity contribution in [3.63, 3.8) is 0 Å². The van der Waals surface area contributed by atoms with Gasteiger partial charge in [-0.1, -0.05) is 24.2 Å². The summed E-state index contributed by atoms with van der Waals surface area (Å²) >= 11 is 0. The first-order valence-electron chi connectivity index (χ1n) is 7.38. The number of nitrogens with zero attached hydrogens (tertiary/aromatic N) is 2. The molecule has 22 heavy (non-hydrogen) atoms. The Bertz CT molecular complexity index is 771. The van der Waals surface area contributed by atoms with E-state index in [4.69, 9.17) is 9.26 Å². The Morgan fingerprint density at radius 1 is 1.36 bits per heavy atom. The Labute approximate surface area is 130 Å². The first-order chi connectivity index (χ1) is 10.5. The number of hydrogen-bond donors (Lipinski definition) is 0. The molecule has 2 heterocycles. The summed E-state index contributed by atoms with van der Waals surface area (Å²) in [6.07, 6.45) is 0.700. The summed E-state index contributed by atoms with van der Waals surface area (Å²) in [5.74, 6) is -0.153. The monoisotopic (exact) mass is 324 g/mol. The van der Waals surface area contributed by atoms with Gasteiger partial charge in [0.1, 0.15) is 11.4 Å². The van der Waals surface area contributed by atoms with Crippen LogP contribution in [0.15, 0.2) is 28.8 Å². The number of para-hydroxylation sites is 1. The van der Waals surface area contributed by atoms with Gasteiger partial charge < -0.3 is 9.26 Å². The Hall–Kier alpha value is -1.44. The quantitative estimate of drug-likeness (QED) is 0.862. The molecule has 1 aromatic carbocycles. The maximum atomic E-state index is 12.9. The van der Waals surface area contributed by atoms with E-state index in [1.54, 1.807) is 10.4 Å². The first kappa shape index (κ1) is 15.5. The largest absolute Gasteiger partial charge is 0.378 e. The molecular formula is C15H20N2O4S. The van der Waals surface area contributed by atoms with Gasteiger partial charge in [-0.15, -0.1) is 0 Å². The van der Waals surface area contributed by atoms with Gasteiger partial charge in [0.05, 0.1) is 18.8 Å². The number of sulfonamides is 1. The van der Waals surface area contributed by atoms with E-state index >= 15 is 0 Å². The molecule has 1 aliphatic heterocycles. The van der Waals surface area contributed by atoms with E-state index < -0.39 is 15.6 Å². The van der Waals surface area contributed by atoms with Crippen molar-refractivity contribution in [1.82, 2.24) is 9.46 Å². The highest BCUT2D eigenvalue weighted by Gasteiger charge is 2.41. The lowest BCUT2D eigenvalue weighted by atomic mass is 9.99. The molecule has 0 spiro atoms. The molecule has 0 amide bonds. The van der Waals surface area contributed by atoms with Crippen LogP contribution in [-0.4, -0.2) is 43.2 Å². The third kappa shape index (κ3) is 2.64. The number of hydrogen-bond acceptors (Lipinski definition) is 5. The Kier molecular flexibility index (Phi) is 3.96. The third-order valence-electron chi connectivity index (χ3n) is 4.32. The SMILES string of the molecule is CCC1(C)COCCN1S(=O)(=O)Cc1noc2ccccc12. The van der Waals surface area contributed by atoms with E-state index in [0.29, 0.717) is 37.5 Å². The van der Waals surface area contributed by atoms with Gasteiger partial charge in [-0.25, -0.2) is 8.42 Å². The average molecular weight is 324 g/mol. The number of benzene rings is 1. The molecule has 0 aliphatic carbocycles. The van der Waals surface area contributed by atoms with Crippen molar-refractivity contribution in [2.45, 2.75) is 31.6 Å². The fraction of sp³-hybridized carbons (Fsp3) is 0.533. The first-order valence-corrected chi connectivity index (χ1v) is 8.99. The lowest BCUT2D eigenvalue weighted by Crippen LogP contribution is -2.57. The molecule has 2 aromatic rings. The Morgan fingerprint density at radius 2 is 2.14 bits per heavy atom. The number of morpholine rings is 1. The van der Waals surface area contributed by atoms with Gasteiger partial charge in [0.2, 0.25) is 10.0 Å². The van der Waals surface area contributed by atoms with Crippen LogP contribution >= 0.6 is 0 Å². The number of ether oxygens (including phenoxy) is 1. The average Bonchev–Trinajstić information content (AvgIpc) is 2.90. The van der Waals surface area contributed by atoms with Crippen LogP contribution in [-0.2, 0) is 20.5 Å². The molecule has 3 rings (SSSR count). The molecule has 1 aromatic heterocycles. The molecule has 6 nitrogen and oxygen atoms in total. The molecule has 0 saturated carbocycles. The minimum absolute atomic E-state index is 0.153. The Balaban J connectivity index is 1.93. The second-order valence-corrected chi connectivity index (χ2v) is 7.75. The normalized spacial score (nSPS) is 23.9. The molecule has 1 unspecified atom stereocenters. The van der Waals surface area contributed by atoms with Crippen LogP contribution in [0.1, 0.15) is 26.0 Å². The third-order valence-corrected chi connectivity index (χ3v) is 6.26. The van der Waals surface area contributed by atoms with Gasteiger partial charge in [0.15, 0.2) is 5.58 Å². The lowest BCUT2D eigenvalue weighted by Gasteiger charge is -2.42. The molecule has 1 atom stereocenters. The topological polar surface area (TPSA) is 72.6 Å². The highest BCUT2D eigenvalue weighted by Crippen LogP contribution is 2.29. The number of aromatic nitrogens is 1. The predicted octanol–water partition coefficient (Wildman–Crippen LogP) is 2.16. The summed E-state index contributed by atoms with van der Waals surface area (Å²) in [6, 6.07) is 7.29. The lowest BCUT2D eigenvalue weighted by molar-refractivity contribution is -0.0187. The minimum Gasteiger partial charge on any atom is -0.378 e. The molecular weight excluding hydrogens is 304 g/mol.